The van der Waals surface area contributed by atoms with Crippen LogP contribution in [0.4, 0.5) is 5.69 Å². The minimum absolute atomic E-state index is 0.363. The van der Waals surface area contributed by atoms with Crippen molar-refractivity contribution in [3.05, 3.63) is 114 Å². The fraction of sp³-hybridized carbons (Fsp3) is 0.394. The number of nitrogens with zero attached hydrogens (tertiary/aromatic N) is 2. The molecule has 0 aliphatic carbocycles. The quantitative estimate of drug-likeness (QED) is 0.220. The summed E-state index contributed by atoms with van der Waals surface area (Å²) in [5.74, 6) is 1.14. The molecule has 0 N–H and O–H groups in total. The summed E-state index contributed by atoms with van der Waals surface area (Å²) in [6.07, 6.45) is 9.48. The normalized spacial score (nSPS) is 12.5. The van der Waals surface area contributed by atoms with Gasteiger partial charge in [-0.15, -0.1) is 0 Å². The first-order valence-corrected chi connectivity index (χ1v) is 13.3. The van der Waals surface area contributed by atoms with Crippen LogP contribution in [0.25, 0.3) is 0 Å². The molecule has 0 aliphatic heterocycles. The molecule has 3 aromatic rings. The van der Waals surface area contributed by atoms with Crippen LogP contribution in [-0.4, -0.2) is 32.1 Å². The van der Waals surface area contributed by atoms with E-state index < -0.39 is 0 Å². The summed E-state index contributed by atoms with van der Waals surface area (Å²) in [5, 5.41) is 0. The first kappa shape index (κ1) is 26.8. The van der Waals surface area contributed by atoms with Crippen LogP contribution in [0, 0.1) is 5.92 Å². The lowest BCUT2D eigenvalue weighted by Gasteiger charge is -2.30. The molecular weight excluding hydrogens is 424 g/mol. The van der Waals surface area contributed by atoms with E-state index in [1.54, 1.807) is 0 Å². The SMILES string of the molecule is CC=CCCC(CC)CCN(Cc1ccc(N(C)C)cc1)CC(c1ccccc1)c1ccccc1. The van der Waals surface area contributed by atoms with Crippen LogP contribution in [-0.2, 0) is 6.54 Å². The van der Waals surface area contributed by atoms with Gasteiger partial charge in [0.1, 0.15) is 0 Å². The topological polar surface area (TPSA) is 6.48 Å². The highest BCUT2D eigenvalue weighted by molar-refractivity contribution is 5.46. The van der Waals surface area contributed by atoms with Crippen molar-refractivity contribution >= 4 is 5.69 Å². The van der Waals surface area contributed by atoms with Gasteiger partial charge in [-0.25, -0.2) is 0 Å². The highest BCUT2D eigenvalue weighted by Gasteiger charge is 2.19. The number of hydrogen-bond acceptors (Lipinski definition) is 2. The van der Waals surface area contributed by atoms with Crippen molar-refractivity contribution in [1.29, 1.82) is 0 Å². The van der Waals surface area contributed by atoms with Gasteiger partial charge < -0.3 is 4.90 Å². The monoisotopic (exact) mass is 468 g/mol. The second-order valence-electron chi connectivity index (χ2n) is 9.88. The summed E-state index contributed by atoms with van der Waals surface area (Å²) in [5.41, 5.74) is 5.43. The minimum Gasteiger partial charge on any atom is -0.378 e. The maximum Gasteiger partial charge on any atom is 0.0361 e. The van der Waals surface area contributed by atoms with Gasteiger partial charge in [0.15, 0.2) is 0 Å². The third kappa shape index (κ3) is 8.71. The van der Waals surface area contributed by atoms with E-state index in [0.29, 0.717) is 5.92 Å². The fourth-order valence-electron chi connectivity index (χ4n) is 4.84. The van der Waals surface area contributed by atoms with Crippen molar-refractivity contribution in [2.75, 3.05) is 32.1 Å². The molecule has 0 heterocycles. The largest absolute Gasteiger partial charge is 0.378 e. The maximum atomic E-state index is 2.69. The lowest BCUT2D eigenvalue weighted by atomic mass is 9.90. The molecule has 0 fully saturated rings. The lowest BCUT2D eigenvalue weighted by molar-refractivity contribution is 0.231. The smallest absolute Gasteiger partial charge is 0.0361 e. The van der Waals surface area contributed by atoms with Gasteiger partial charge in [-0.1, -0.05) is 98.3 Å². The van der Waals surface area contributed by atoms with Crippen molar-refractivity contribution in [2.45, 2.75) is 52.0 Å². The van der Waals surface area contributed by atoms with Crippen molar-refractivity contribution in [3.8, 4) is 0 Å². The number of benzene rings is 3. The summed E-state index contributed by atoms with van der Waals surface area (Å²) in [4.78, 5) is 4.85. The van der Waals surface area contributed by atoms with Crippen molar-refractivity contribution in [3.63, 3.8) is 0 Å². The molecule has 3 rings (SSSR count). The van der Waals surface area contributed by atoms with E-state index >= 15 is 0 Å². The summed E-state index contributed by atoms with van der Waals surface area (Å²) in [6.45, 7) is 7.60. The summed E-state index contributed by atoms with van der Waals surface area (Å²) >= 11 is 0. The zero-order chi connectivity index (χ0) is 24.9. The second kappa shape index (κ2) is 14.5. The summed E-state index contributed by atoms with van der Waals surface area (Å²) < 4.78 is 0. The molecule has 0 radical (unpaired) electrons. The molecule has 1 unspecified atom stereocenters. The van der Waals surface area contributed by atoms with Crippen LogP contribution in [0.3, 0.4) is 0 Å². The Morgan fingerprint density at radius 3 is 1.89 bits per heavy atom. The standard InChI is InChI=1S/C33H44N2/c1-5-7-10-15-28(6-2)24-25-35(26-29-20-22-32(23-21-29)34(3)4)27-33(30-16-11-8-12-17-30)31-18-13-9-14-19-31/h5,7-9,11-14,16-23,28,33H,6,10,15,24-27H2,1-4H3. The van der Waals surface area contributed by atoms with Crippen molar-refractivity contribution in [2.24, 2.45) is 5.92 Å². The summed E-state index contributed by atoms with van der Waals surface area (Å²) in [6, 6.07) is 31.1. The van der Waals surface area contributed by atoms with E-state index in [-0.39, 0.29) is 0 Å². The van der Waals surface area contributed by atoms with Gasteiger partial charge in [-0.3, -0.25) is 4.90 Å². The van der Waals surface area contributed by atoms with Gasteiger partial charge in [0, 0.05) is 38.8 Å². The van der Waals surface area contributed by atoms with Crippen LogP contribution in [0.1, 0.15) is 62.1 Å². The van der Waals surface area contributed by atoms with Gasteiger partial charge in [-0.2, -0.15) is 0 Å². The molecular formula is C33H44N2. The first-order chi connectivity index (χ1) is 17.1. The molecule has 0 saturated heterocycles. The van der Waals surface area contributed by atoms with E-state index in [4.69, 9.17) is 0 Å². The lowest BCUT2D eigenvalue weighted by Crippen LogP contribution is -2.31. The van der Waals surface area contributed by atoms with Gasteiger partial charge in [0.05, 0.1) is 0 Å². The number of hydrogen-bond donors (Lipinski definition) is 0. The number of anilines is 1. The molecule has 0 bridgehead atoms. The summed E-state index contributed by atoms with van der Waals surface area (Å²) in [7, 11) is 4.20. The van der Waals surface area contributed by atoms with E-state index in [0.717, 1.165) is 25.6 Å². The fourth-order valence-corrected chi connectivity index (χ4v) is 4.84. The Morgan fingerprint density at radius 2 is 1.37 bits per heavy atom. The molecule has 0 saturated carbocycles. The minimum atomic E-state index is 0.363. The average Bonchev–Trinajstić information content (AvgIpc) is 2.90. The molecule has 3 aromatic carbocycles. The van der Waals surface area contributed by atoms with E-state index in [2.05, 4.69) is 135 Å². The Morgan fingerprint density at radius 1 is 0.771 bits per heavy atom. The molecule has 0 aromatic heterocycles. The Kier molecular flexibility index (Phi) is 11.1. The molecule has 35 heavy (non-hydrogen) atoms. The zero-order valence-corrected chi connectivity index (χ0v) is 22.2. The molecule has 1 atom stereocenters. The van der Waals surface area contributed by atoms with Crippen LogP contribution in [0.5, 0.6) is 0 Å². The second-order valence-corrected chi connectivity index (χ2v) is 9.88. The molecule has 2 nitrogen and oxygen atoms in total. The van der Waals surface area contributed by atoms with Crippen LogP contribution < -0.4 is 4.90 Å². The van der Waals surface area contributed by atoms with Gasteiger partial charge in [-0.05, 0) is 67.5 Å². The van der Waals surface area contributed by atoms with Crippen molar-refractivity contribution < 1.29 is 0 Å². The highest BCUT2D eigenvalue weighted by Crippen LogP contribution is 2.27. The van der Waals surface area contributed by atoms with Gasteiger partial charge in [0.2, 0.25) is 0 Å². The molecule has 2 heteroatoms. The number of allylic oxidation sites excluding steroid dienone is 2. The third-order valence-corrected chi connectivity index (χ3v) is 7.11. The Labute approximate surface area is 214 Å². The van der Waals surface area contributed by atoms with Crippen LogP contribution >= 0.6 is 0 Å². The highest BCUT2D eigenvalue weighted by atomic mass is 15.1. The van der Waals surface area contributed by atoms with Crippen LogP contribution in [0.2, 0.25) is 0 Å². The molecule has 0 spiro atoms. The van der Waals surface area contributed by atoms with Crippen molar-refractivity contribution in [1.82, 2.24) is 4.90 Å². The van der Waals surface area contributed by atoms with E-state index in [9.17, 15) is 0 Å². The Bertz CT molecular complexity index is 937. The van der Waals surface area contributed by atoms with Gasteiger partial charge in [0.25, 0.3) is 0 Å². The zero-order valence-electron chi connectivity index (χ0n) is 22.2. The third-order valence-electron chi connectivity index (χ3n) is 7.11. The molecule has 186 valence electrons. The molecule has 0 aliphatic rings. The Hall–Kier alpha value is -2.84. The average molecular weight is 469 g/mol. The molecule has 0 amide bonds. The first-order valence-electron chi connectivity index (χ1n) is 13.3. The number of rotatable bonds is 14. The Balaban J connectivity index is 1.81. The maximum absolute atomic E-state index is 2.69. The van der Waals surface area contributed by atoms with Crippen LogP contribution in [0.15, 0.2) is 97.1 Å². The van der Waals surface area contributed by atoms with E-state index in [1.807, 2.05) is 0 Å². The predicted octanol–water partition coefficient (Wildman–Crippen LogP) is 8.16. The predicted molar refractivity (Wildman–Crippen MR) is 153 cm³/mol. The van der Waals surface area contributed by atoms with Gasteiger partial charge >= 0.3 is 0 Å². The van der Waals surface area contributed by atoms with E-state index in [1.165, 1.54) is 48.1 Å².